The van der Waals surface area contributed by atoms with E-state index in [4.69, 9.17) is 0 Å². The Balaban J connectivity index is 2.80. The number of anilines is 1. The van der Waals surface area contributed by atoms with Crippen molar-refractivity contribution >= 4 is 5.82 Å². The molecule has 0 saturated carbocycles. The third-order valence-electron chi connectivity index (χ3n) is 1.61. The van der Waals surface area contributed by atoms with Crippen LogP contribution in [0.1, 0.15) is 13.3 Å². The number of nitrogens with zero attached hydrogens (tertiary/aromatic N) is 2. The predicted molar refractivity (Wildman–Crippen MR) is 48.4 cm³/mol. The standard InChI is InChI=1S/C8H13N3O/c1-3-4-11(2)7-5-8(12)10-6-9-7/h5-6H,3-4H2,1-2H3,(H,9,10,12). The van der Waals surface area contributed by atoms with Crippen LogP contribution in [-0.4, -0.2) is 23.6 Å². The highest BCUT2D eigenvalue weighted by atomic mass is 16.1. The minimum absolute atomic E-state index is 0.108. The highest BCUT2D eigenvalue weighted by Gasteiger charge is 1.99. The number of aromatic nitrogens is 2. The van der Waals surface area contributed by atoms with E-state index in [9.17, 15) is 4.79 Å². The van der Waals surface area contributed by atoms with Crippen molar-refractivity contribution in [3.63, 3.8) is 0 Å². The lowest BCUT2D eigenvalue weighted by atomic mass is 10.4. The molecule has 1 N–H and O–H groups in total. The number of nitrogens with one attached hydrogen (secondary N) is 1. The second-order valence-corrected chi connectivity index (χ2v) is 2.69. The molecule has 0 aliphatic heterocycles. The molecular weight excluding hydrogens is 154 g/mol. The van der Waals surface area contributed by atoms with Crippen LogP contribution in [0.4, 0.5) is 5.82 Å². The molecule has 0 aliphatic carbocycles. The van der Waals surface area contributed by atoms with Crippen LogP contribution in [0, 0.1) is 0 Å². The topological polar surface area (TPSA) is 49.0 Å². The SMILES string of the molecule is CCCN(C)c1cc(=O)[nH]cn1. The summed E-state index contributed by atoms with van der Waals surface area (Å²) in [7, 11) is 1.92. The Morgan fingerprint density at radius 1 is 1.67 bits per heavy atom. The van der Waals surface area contributed by atoms with E-state index in [1.165, 1.54) is 12.4 Å². The molecule has 0 atom stereocenters. The highest BCUT2D eigenvalue weighted by molar-refractivity contribution is 5.34. The second-order valence-electron chi connectivity index (χ2n) is 2.69. The average molecular weight is 167 g/mol. The summed E-state index contributed by atoms with van der Waals surface area (Å²) in [5.41, 5.74) is -0.108. The molecule has 1 aromatic rings. The summed E-state index contributed by atoms with van der Waals surface area (Å²) in [6, 6.07) is 1.50. The van der Waals surface area contributed by atoms with Gasteiger partial charge in [0.25, 0.3) is 5.56 Å². The quantitative estimate of drug-likeness (QED) is 0.717. The molecule has 0 saturated heterocycles. The summed E-state index contributed by atoms with van der Waals surface area (Å²) in [6.07, 6.45) is 2.47. The molecule has 0 aromatic carbocycles. The summed E-state index contributed by atoms with van der Waals surface area (Å²) in [5.74, 6) is 0.723. The fourth-order valence-electron chi connectivity index (χ4n) is 1.02. The van der Waals surface area contributed by atoms with Crippen molar-refractivity contribution in [1.82, 2.24) is 9.97 Å². The minimum atomic E-state index is -0.108. The van der Waals surface area contributed by atoms with Crippen LogP contribution >= 0.6 is 0 Å². The van der Waals surface area contributed by atoms with Gasteiger partial charge in [-0.15, -0.1) is 0 Å². The molecule has 1 heterocycles. The summed E-state index contributed by atoms with van der Waals surface area (Å²) >= 11 is 0. The first kappa shape index (κ1) is 8.77. The molecular formula is C8H13N3O. The Labute approximate surface area is 71.3 Å². The number of hydrogen-bond donors (Lipinski definition) is 1. The predicted octanol–water partition coefficient (Wildman–Crippen LogP) is 0.616. The summed E-state index contributed by atoms with van der Waals surface area (Å²) in [5, 5.41) is 0. The maximum absolute atomic E-state index is 10.9. The lowest BCUT2D eigenvalue weighted by Crippen LogP contribution is -2.21. The van der Waals surface area contributed by atoms with Gasteiger partial charge in [-0.1, -0.05) is 6.92 Å². The summed E-state index contributed by atoms with van der Waals surface area (Å²) in [6.45, 7) is 3.00. The van der Waals surface area contributed by atoms with Gasteiger partial charge in [-0.3, -0.25) is 4.79 Å². The number of rotatable bonds is 3. The number of hydrogen-bond acceptors (Lipinski definition) is 3. The molecule has 0 amide bonds. The fraction of sp³-hybridized carbons (Fsp3) is 0.500. The largest absolute Gasteiger partial charge is 0.359 e. The van der Waals surface area contributed by atoms with E-state index in [2.05, 4.69) is 16.9 Å². The van der Waals surface area contributed by atoms with Crippen LogP contribution in [0.5, 0.6) is 0 Å². The maximum Gasteiger partial charge on any atom is 0.252 e. The van der Waals surface area contributed by atoms with Crippen molar-refractivity contribution < 1.29 is 0 Å². The van der Waals surface area contributed by atoms with Crippen molar-refractivity contribution in [2.24, 2.45) is 0 Å². The van der Waals surface area contributed by atoms with E-state index < -0.39 is 0 Å². The van der Waals surface area contributed by atoms with Gasteiger partial charge in [0.15, 0.2) is 0 Å². The Morgan fingerprint density at radius 2 is 2.42 bits per heavy atom. The molecule has 4 nitrogen and oxygen atoms in total. The van der Waals surface area contributed by atoms with Gasteiger partial charge in [0.05, 0.1) is 6.33 Å². The van der Waals surface area contributed by atoms with Crippen LogP contribution < -0.4 is 10.5 Å². The van der Waals surface area contributed by atoms with Gasteiger partial charge in [-0.2, -0.15) is 0 Å². The smallest absolute Gasteiger partial charge is 0.252 e. The van der Waals surface area contributed by atoms with E-state index >= 15 is 0 Å². The molecule has 0 unspecified atom stereocenters. The lowest BCUT2D eigenvalue weighted by Gasteiger charge is -2.15. The number of aromatic amines is 1. The third-order valence-corrected chi connectivity index (χ3v) is 1.61. The normalized spacial score (nSPS) is 9.83. The Kier molecular flexibility index (Phi) is 2.85. The molecule has 0 aliphatic rings. The van der Waals surface area contributed by atoms with Crippen LogP contribution in [0.3, 0.4) is 0 Å². The van der Waals surface area contributed by atoms with Crippen molar-refractivity contribution in [1.29, 1.82) is 0 Å². The zero-order chi connectivity index (χ0) is 8.97. The molecule has 66 valence electrons. The van der Waals surface area contributed by atoms with Gasteiger partial charge in [-0.05, 0) is 6.42 Å². The fourth-order valence-corrected chi connectivity index (χ4v) is 1.02. The first-order valence-corrected chi connectivity index (χ1v) is 4.00. The molecule has 0 bridgehead atoms. The Bertz CT molecular complexity index is 294. The van der Waals surface area contributed by atoms with Gasteiger partial charge in [0.2, 0.25) is 0 Å². The van der Waals surface area contributed by atoms with E-state index in [-0.39, 0.29) is 5.56 Å². The molecule has 0 spiro atoms. The Morgan fingerprint density at radius 3 is 3.00 bits per heavy atom. The highest BCUT2D eigenvalue weighted by Crippen LogP contribution is 2.02. The third kappa shape index (κ3) is 2.08. The molecule has 1 aromatic heterocycles. The monoisotopic (exact) mass is 167 g/mol. The maximum atomic E-state index is 10.9. The number of H-pyrrole nitrogens is 1. The van der Waals surface area contributed by atoms with Crippen molar-refractivity contribution in [3.05, 3.63) is 22.7 Å². The van der Waals surface area contributed by atoms with Gasteiger partial charge < -0.3 is 9.88 Å². The van der Waals surface area contributed by atoms with E-state index in [1.807, 2.05) is 11.9 Å². The molecule has 0 fully saturated rings. The van der Waals surface area contributed by atoms with Gasteiger partial charge >= 0.3 is 0 Å². The summed E-state index contributed by atoms with van der Waals surface area (Å²) in [4.78, 5) is 19.3. The van der Waals surface area contributed by atoms with Crippen LogP contribution in [0.25, 0.3) is 0 Å². The van der Waals surface area contributed by atoms with Crippen molar-refractivity contribution in [3.8, 4) is 0 Å². The lowest BCUT2D eigenvalue weighted by molar-refractivity contribution is 0.832. The first-order valence-electron chi connectivity index (χ1n) is 4.00. The van der Waals surface area contributed by atoms with Gasteiger partial charge in [0.1, 0.15) is 5.82 Å². The first-order chi connectivity index (χ1) is 5.74. The van der Waals surface area contributed by atoms with Crippen LogP contribution in [-0.2, 0) is 0 Å². The summed E-state index contributed by atoms with van der Waals surface area (Å²) < 4.78 is 0. The van der Waals surface area contributed by atoms with Crippen LogP contribution in [0.15, 0.2) is 17.2 Å². The van der Waals surface area contributed by atoms with E-state index in [0.717, 1.165) is 18.8 Å². The molecule has 0 radical (unpaired) electrons. The molecule has 1 rings (SSSR count). The second kappa shape index (κ2) is 3.90. The Hall–Kier alpha value is -1.32. The zero-order valence-electron chi connectivity index (χ0n) is 7.37. The van der Waals surface area contributed by atoms with E-state index in [1.54, 1.807) is 0 Å². The van der Waals surface area contributed by atoms with Crippen LogP contribution in [0.2, 0.25) is 0 Å². The average Bonchev–Trinajstić information content (AvgIpc) is 2.05. The van der Waals surface area contributed by atoms with Crippen molar-refractivity contribution in [2.75, 3.05) is 18.5 Å². The minimum Gasteiger partial charge on any atom is -0.359 e. The van der Waals surface area contributed by atoms with Gasteiger partial charge in [-0.25, -0.2) is 4.98 Å². The molecule has 12 heavy (non-hydrogen) atoms. The van der Waals surface area contributed by atoms with Gasteiger partial charge in [0, 0.05) is 19.7 Å². The zero-order valence-corrected chi connectivity index (χ0v) is 7.37. The van der Waals surface area contributed by atoms with Crippen molar-refractivity contribution in [2.45, 2.75) is 13.3 Å². The van der Waals surface area contributed by atoms with E-state index in [0.29, 0.717) is 0 Å². The molecule has 4 heteroatoms.